The summed E-state index contributed by atoms with van der Waals surface area (Å²) in [5.41, 5.74) is 0.894. The molecule has 1 unspecified atom stereocenters. The molecule has 10 heteroatoms. The molecule has 2 aromatic rings. The van der Waals surface area contributed by atoms with Crippen molar-refractivity contribution in [2.75, 3.05) is 13.1 Å². The first-order valence-corrected chi connectivity index (χ1v) is 13.4. The summed E-state index contributed by atoms with van der Waals surface area (Å²) in [6.07, 6.45) is 7.69. The van der Waals surface area contributed by atoms with Gasteiger partial charge in [0.05, 0.1) is 0 Å². The Balaban J connectivity index is 1.67. The highest BCUT2D eigenvalue weighted by Gasteiger charge is 2.22. The van der Waals surface area contributed by atoms with Gasteiger partial charge in [0.2, 0.25) is 11.8 Å². The normalized spacial score (nSPS) is 11.5. The molecule has 0 bridgehead atoms. The molecule has 0 saturated heterocycles. The Labute approximate surface area is 224 Å². The Morgan fingerprint density at radius 1 is 0.895 bits per heavy atom. The fourth-order valence-electron chi connectivity index (χ4n) is 3.96. The number of nitrogens with one attached hydrogen (secondary N) is 3. The van der Waals surface area contributed by atoms with E-state index in [2.05, 4.69) is 27.9 Å². The van der Waals surface area contributed by atoms with E-state index in [9.17, 15) is 24.3 Å². The first kappa shape index (κ1) is 30.5. The van der Waals surface area contributed by atoms with E-state index in [1.807, 2.05) is 30.3 Å². The lowest BCUT2D eigenvalue weighted by molar-refractivity contribution is -0.142. The van der Waals surface area contributed by atoms with Crippen LogP contribution in [0, 0.1) is 6.92 Å². The lowest BCUT2D eigenvalue weighted by Gasteiger charge is -2.14. The minimum Gasteiger partial charge on any atom is -0.480 e. The molecule has 38 heavy (non-hydrogen) atoms. The Hall–Kier alpha value is -3.69. The van der Waals surface area contributed by atoms with Gasteiger partial charge in [-0.05, 0) is 12.8 Å². The minimum atomic E-state index is -1.17. The Bertz CT molecular complexity index is 1040. The number of carboxylic acids is 1. The number of nitrogens with zero attached hydrogens (tertiary/aromatic N) is 1. The topological polar surface area (TPSA) is 151 Å². The first-order chi connectivity index (χ1) is 18.3. The zero-order valence-electron chi connectivity index (χ0n) is 22.4. The van der Waals surface area contributed by atoms with Gasteiger partial charge < -0.3 is 25.5 Å². The minimum absolute atomic E-state index is 0.0189. The van der Waals surface area contributed by atoms with Crippen molar-refractivity contribution in [3.8, 4) is 11.3 Å². The van der Waals surface area contributed by atoms with Gasteiger partial charge in [-0.25, -0.2) is 9.78 Å². The number of carbonyl (C=O) groups excluding carboxylic acids is 3. The standard InChI is InChI=1S/C28H40N4O6/c1-3-4-5-6-7-8-12-15-24(34)32-22(28(36)37)16-17-23(33)29-18-19-30-27(35)25-26(38-20(2)31-25)21-13-10-9-11-14-21/h9-11,13-14,22H,3-8,12,15-19H2,1-2H3,(H,29,33)(H,30,35)(H,32,34)(H,36,37). The highest BCUT2D eigenvalue weighted by Crippen LogP contribution is 2.24. The molecular weight excluding hydrogens is 488 g/mol. The van der Waals surface area contributed by atoms with Crippen LogP contribution in [0.15, 0.2) is 34.7 Å². The molecule has 4 N–H and O–H groups in total. The summed E-state index contributed by atoms with van der Waals surface area (Å²) in [5, 5.41) is 17.3. The maximum absolute atomic E-state index is 12.6. The SMILES string of the molecule is CCCCCCCCCC(=O)NC(CCC(=O)NCCNC(=O)c1nc(C)oc1-c1ccccc1)C(=O)O. The van der Waals surface area contributed by atoms with Gasteiger partial charge in [0, 0.05) is 38.4 Å². The molecule has 0 radical (unpaired) electrons. The number of hydrogen-bond donors (Lipinski definition) is 4. The monoisotopic (exact) mass is 528 g/mol. The van der Waals surface area contributed by atoms with Gasteiger partial charge >= 0.3 is 5.97 Å². The van der Waals surface area contributed by atoms with Crippen molar-refractivity contribution in [1.82, 2.24) is 20.9 Å². The molecule has 1 heterocycles. The molecule has 0 saturated carbocycles. The van der Waals surface area contributed by atoms with Gasteiger partial charge in [0.25, 0.3) is 5.91 Å². The number of rotatable bonds is 18. The van der Waals surface area contributed by atoms with Crippen molar-refractivity contribution in [2.45, 2.75) is 84.1 Å². The number of carbonyl (C=O) groups is 4. The van der Waals surface area contributed by atoms with Crippen LogP contribution in [0.5, 0.6) is 0 Å². The van der Waals surface area contributed by atoms with Crippen LogP contribution in [-0.4, -0.2) is 52.9 Å². The molecule has 1 atom stereocenters. The second kappa shape index (κ2) is 16.9. The molecule has 0 aliphatic rings. The van der Waals surface area contributed by atoms with Crippen LogP contribution in [0.1, 0.15) is 87.5 Å². The highest BCUT2D eigenvalue weighted by atomic mass is 16.4. The van der Waals surface area contributed by atoms with E-state index >= 15 is 0 Å². The lowest BCUT2D eigenvalue weighted by atomic mass is 10.1. The van der Waals surface area contributed by atoms with Crippen molar-refractivity contribution in [3.63, 3.8) is 0 Å². The maximum atomic E-state index is 12.6. The second-order valence-corrected chi connectivity index (χ2v) is 9.25. The van der Waals surface area contributed by atoms with Crippen molar-refractivity contribution >= 4 is 23.7 Å². The number of benzene rings is 1. The van der Waals surface area contributed by atoms with Crippen LogP contribution in [0.25, 0.3) is 11.3 Å². The number of aliphatic carboxylic acids is 1. The Morgan fingerprint density at radius 3 is 2.24 bits per heavy atom. The summed E-state index contributed by atoms with van der Waals surface area (Å²) < 4.78 is 5.59. The summed E-state index contributed by atoms with van der Waals surface area (Å²) in [5.74, 6) is -1.54. The van der Waals surface area contributed by atoms with Gasteiger partial charge in [-0.2, -0.15) is 0 Å². The first-order valence-electron chi connectivity index (χ1n) is 13.4. The van der Waals surface area contributed by atoms with Crippen molar-refractivity contribution in [1.29, 1.82) is 0 Å². The van der Waals surface area contributed by atoms with Crippen LogP contribution in [0.2, 0.25) is 0 Å². The Morgan fingerprint density at radius 2 is 1.55 bits per heavy atom. The predicted molar refractivity (Wildman–Crippen MR) is 143 cm³/mol. The molecule has 208 valence electrons. The average molecular weight is 529 g/mol. The van der Waals surface area contributed by atoms with Crippen LogP contribution >= 0.6 is 0 Å². The van der Waals surface area contributed by atoms with Crippen molar-refractivity contribution < 1.29 is 28.7 Å². The molecule has 0 aliphatic carbocycles. The van der Waals surface area contributed by atoms with Crippen LogP contribution < -0.4 is 16.0 Å². The van der Waals surface area contributed by atoms with Gasteiger partial charge in [-0.1, -0.05) is 75.8 Å². The van der Waals surface area contributed by atoms with Gasteiger partial charge in [0.1, 0.15) is 6.04 Å². The van der Waals surface area contributed by atoms with Crippen molar-refractivity contribution in [3.05, 3.63) is 41.9 Å². The van der Waals surface area contributed by atoms with E-state index in [0.717, 1.165) is 31.2 Å². The van der Waals surface area contributed by atoms with Crippen LogP contribution in [0.4, 0.5) is 0 Å². The largest absolute Gasteiger partial charge is 0.480 e. The summed E-state index contributed by atoms with van der Waals surface area (Å²) >= 11 is 0. The summed E-state index contributed by atoms with van der Waals surface area (Å²) in [7, 11) is 0. The molecule has 0 fully saturated rings. The maximum Gasteiger partial charge on any atom is 0.326 e. The quantitative estimate of drug-likeness (QED) is 0.214. The number of amides is 3. The van der Waals surface area contributed by atoms with E-state index in [1.165, 1.54) is 19.3 Å². The fourth-order valence-corrected chi connectivity index (χ4v) is 3.96. The number of oxazole rings is 1. The fraction of sp³-hybridized carbons (Fsp3) is 0.536. The number of aromatic nitrogens is 1. The third-order valence-electron chi connectivity index (χ3n) is 6.02. The van der Waals surface area contributed by atoms with E-state index in [0.29, 0.717) is 11.7 Å². The third-order valence-corrected chi connectivity index (χ3v) is 6.02. The molecule has 2 rings (SSSR count). The molecular formula is C28H40N4O6. The summed E-state index contributed by atoms with van der Waals surface area (Å²) in [6.45, 7) is 4.13. The van der Waals surface area contributed by atoms with Gasteiger partial charge in [-0.3, -0.25) is 14.4 Å². The third kappa shape index (κ3) is 11.1. The van der Waals surface area contributed by atoms with Crippen molar-refractivity contribution in [2.24, 2.45) is 0 Å². The molecule has 3 amide bonds. The predicted octanol–water partition coefficient (Wildman–Crippen LogP) is 3.99. The van der Waals surface area contributed by atoms with E-state index in [-0.39, 0.29) is 49.9 Å². The molecule has 0 spiro atoms. The second-order valence-electron chi connectivity index (χ2n) is 9.25. The molecule has 10 nitrogen and oxygen atoms in total. The lowest BCUT2D eigenvalue weighted by Crippen LogP contribution is -2.42. The smallest absolute Gasteiger partial charge is 0.326 e. The number of hydrogen-bond acceptors (Lipinski definition) is 6. The number of unbranched alkanes of at least 4 members (excludes halogenated alkanes) is 6. The zero-order chi connectivity index (χ0) is 27.8. The average Bonchev–Trinajstić information content (AvgIpc) is 3.30. The highest BCUT2D eigenvalue weighted by molar-refractivity contribution is 5.97. The number of carboxylic acid groups (broad SMARTS) is 1. The zero-order valence-corrected chi connectivity index (χ0v) is 22.4. The Kier molecular flexibility index (Phi) is 13.6. The van der Waals surface area contributed by atoms with Crippen LogP contribution in [0.3, 0.4) is 0 Å². The molecule has 1 aromatic carbocycles. The van der Waals surface area contributed by atoms with E-state index in [1.54, 1.807) is 6.92 Å². The molecule has 1 aromatic heterocycles. The van der Waals surface area contributed by atoms with E-state index < -0.39 is 17.9 Å². The summed E-state index contributed by atoms with van der Waals surface area (Å²) in [6, 6.07) is 8.05. The number of aryl methyl sites for hydroxylation is 1. The van der Waals surface area contributed by atoms with Crippen LogP contribution in [-0.2, 0) is 14.4 Å². The molecule has 0 aliphatic heterocycles. The van der Waals surface area contributed by atoms with Gasteiger partial charge in [-0.15, -0.1) is 0 Å². The van der Waals surface area contributed by atoms with E-state index in [4.69, 9.17) is 4.42 Å². The summed E-state index contributed by atoms with van der Waals surface area (Å²) in [4.78, 5) is 52.6. The van der Waals surface area contributed by atoms with Gasteiger partial charge in [0.15, 0.2) is 17.3 Å².